The van der Waals surface area contributed by atoms with Crippen molar-refractivity contribution >= 4 is 16.3 Å². The molecule has 0 bridgehead atoms. The van der Waals surface area contributed by atoms with Crippen molar-refractivity contribution in [1.82, 2.24) is 0 Å². The van der Waals surface area contributed by atoms with E-state index in [-0.39, 0.29) is 9.92 Å². The predicted molar refractivity (Wildman–Crippen MR) is 68.1 cm³/mol. The largest absolute Gasteiger partial charge is 0.324 e. The monoisotopic (exact) mass is 241 g/mol. The molecule has 16 heavy (non-hydrogen) atoms. The highest BCUT2D eigenvalue weighted by atomic mass is 32.1. The molecular formula is C12H19NO2S. The van der Waals surface area contributed by atoms with Crippen LogP contribution in [0.3, 0.4) is 0 Å². The molecule has 0 saturated carbocycles. The molecule has 90 valence electrons. The minimum Gasteiger partial charge on any atom is -0.258 e. The van der Waals surface area contributed by atoms with E-state index in [9.17, 15) is 10.1 Å². The summed E-state index contributed by atoms with van der Waals surface area (Å²) in [6.45, 7) is 2.21. The maximum absolute atomic E-state index is 10.5. The topological polar surface area (TPSA) is 43.1 Å². The van der Waals surface area contributed by atoms with E-state index in [1.807, 2.05) is 6.07 Å². The summed E-state index contributed by atoms with van der Waals surface area (Å²) in [7, 11) is 0. The van der Waals surface area contributed by atoms with Gasteiger partial charge in [0, 0.05) is 10.9 Å². The Kier molecular flexibility index (Phi) is 6.08. The third-order valence-electron chi connectivity index (χ3n) is 2.60. The molecule has 0 unspecified atom stereocenters. The fourth-order valence-electron chi connectivity index (χ4n) is 1.68. The molecule has 0 N–H and O–H groups in total. The maximum Gasteiger partial charge on any atom is 0.324 e. The van der Waals surface area contributed by atoms with Gasteiger partial charge in [0.05, 0.1) is 4.92 Å². The second-order valence-electron chi connectivity index (χ2n) is 4.01. The van der Waals surface area contributed by atoms with Crippen LogP contribution in [-0.4, -0.2) is 4.92 Å². The predicted octanol–water partition coefficient (Wildman–Crippen LogP) is 4.56. The van der Waals surface area contributed by atoms with Crippen molar-refractivity contribution in [2.75, 3.05) is 0 Å². The summed E-state index contributed by atoms with van der Waals surface area (Å²) in [6.07, 6.45) is 8.60. The van der Waals surface area contributed by atoms with Crippen LogP contribution >= 0.6 is 11.3 Å². The molecule has 0 radical (unpaired) electrons. The van der Waals surface area contributed by atoms with Crippen molar-refractivity contribution in [3.05, 3.63) is 27.1 Å². The highest BCUT2D eigenvalue weighted by Gasteiger charge is 2.08. The Balaban J connectivity index is 2.14. The van der Waals surface area contributed by atoms with Gasteiger partial charge >= 0.3 is 5.00 Å². The lowest BCUT2D eigenvalue weighted by Gasteiger charge is -1.98. The average molecular weight is 241 g/mol. The van der Waals surface area contributed by atoms with Crippen LogP contribution in [0.5, 0.6) is 0 Å². The highest BCUT2D eigenvalue weighted by molar-refractivity contribution is 7.15. The first-order valence-electron chi connectivity index (χ1n) is 5.97. The molecule has 0 saturated heterocycles. The van der Waals surface area contributed by atoms with Crippen molar-refractivity contribution in [1.29, 1.82) is 0 Å². The van der Waals surface area contributed by atoms with Gasteiger partial charge in [0.15, 0.2) is 0 Å². The minimum atomic E-state index is -0.310. The number of nitro groups is 1. The molecule has 1 aromatic rings. The normalized spacial score (nSPS) is 10.6. The molecule has 0 amide bonds. The zero-order valence-electron chi connectivity index (χ0n) is 9.78. The van der Waals surface area contributed by atoms with Gasteiger partial charge < -0.3 is 0 Å². The van der Waals surface area contributed by atoms with E-state index in [0.717, 1.165) is 17.7 Å². The van der Waals surface area contributed by atoms with Gasteiger partial charge in [-0.2, -0.15) is 0 Å². The number of nitrogens with zero attached hydrogens (tertiary/aromatic N) is 1. The maximum atomic E-state index is 10.5. The minimum absolute atomic E-state index is 0.265. The molecule has 0 spiro atoms. The summed E-state index contributed by atoms with van der Waals surface area (Å²) < 4.78 is 0. The van der Waals surface area contributed by atoms with Crippen molar-refractivity contribution in [3.63, 3.8) is 0 Å². The summed E-state index contributed by atoms with van der Waals surface area (Å²) in [5.41, 5.74) is 0. The van der Waals surface area contributed by atoms with Crippen molar-refractivity contribution < 1.29 is 4.92 Å². The van der Waals surface area contributed by atoms with Crippen LogP contribution in [0.4, 0.5) is 5.00 Å². The average Bonchev–Trinajstić information content (AvgIpc) is 2.72. The fourth-order valence-corrected chi connectivity index (χ4v) is 2.54. The van der Waals surface area contributed by atoms with Gasteiger partial charge in [-0.15, -0.1) is 0 Å². The van der Waals surface area contributed by atoms with Crippen LogP contribution < -0.4 is 0 Å². The number of hydrogen-bond acceptors (Lipinski definition) is 3. The zero-order valence-corrected chi connectivity index (χ0v) is 10.6. The zero-order chi connectivity index (χ0) is 11.8. The summed E-state index contributed by atoms with van der Waals surface area (Å²) in [5, 5.41) is 10.7. The van der Waals surface area contributed by atoms with E-state index < -0.39 is 0 Å². The van der Waals surface area contributed by atoms with Gasteiger partial charge in [-0.3, -0.25) is 10.1 Å². The Labute approximate surface area is 101 Å². The van der Waals surface area contributed by atoms with Crippen LogP contribution in [0.2, 0.25) is 0 Å². The van der Waals surface area contributed by atoms with Gasteiger partial charge in [0.2, 0.25) is 0 Å². The molecule has 0 aliphatic heterocycles. The van der Waals surface area contributed by atoms with Crippen molar-refractivity contribution in [3.8, 4) is 0 Å². The Bertz CT molecular complexity index is 323. The summed E-state index contributed by atoms with van der Waals surface area (Å²) in [6, 6.07) is 3.49. The first-order chi connectivity index (χ1) is 7.74. The van der Waals surface area contributed by atoms with Gasteiger partial charge in [0.1, 0.15) is 0 Å². The molecule has 0 fully saturated rings. The second-order valence-corrected chi connectivity index (χ2v) is 5.16. The Morgan fingerprint density at radius 1 is 1.19 bits per heavy atom. The number of unbranched alkanes of at least 4 members (excludes halogenated alkanes) is 5. The molecule has 0 aliphatic rings. The third kappa shape index (κ3) is 4.75. The van der Waals surface area contributed by atoms with Gasteiger partial charge in [-0.25, -0.2) is 0 Å². The van der Waals surface area contributed by atoms with Crippen molar-refractivity contribution in [2.45, 2.75) is 51.9 Å². The van der Waals surface area contributed by atoms with E-state index in [1.165, 1.54) is 43.4 Å². The van der Waals surface area contributed by atoms with Crippen LogP contribution in [0.25, 0.3) is 0 Å². The quantitative estimate of drug-likeness (QED) is 0.380. The molecule has 4 heteroatoms. The van der Waals surface area contributed by atoms with Crippen molar-refractivity contribution in [2.24, 2.45) is 0 Å². The molecule has 1 aromatic heterocycles. The SMILES string of the molecule is CCCCCCCCc1ccc([N+](=O)[O-])s1. The number of thiophene rings is 1. The van der Waals surface area contributed by atoms with Crippen LogP contribution in [0.15, 0.2) is 12.1 Å². The van der Waals surface area contributed by atoms with Gasteiger partial charge in [0.25, 0.3) is 0 Å². The van der Waals surface area contributed by atoms with E-state index in [1.54, 1.807) is 6.07 Å². The Morgan fingerprint density at radius 3 is 2.50 bits per heavy atom. The highest BCUT2D eigenvalue weighted by Crippen LogP contribution is 2.25. The summed E-state index contributed by atoms with van der Waals surface area (Å²) in [5.74, 6) is 0. The summed E-state index contributed by atoms with van der Waals surface area (Å²) >= 11 is 1.31. The van der Waals surface area contributed by atoms with Gasteiger partial charge in [-0.05, 0) is 18.9 Å². The summed E-state index contributed by atoms with van der Waals surface area (Å²) in [4.78, 5) is 11.3. The molecule has 1 heterocycles. The molecule has 0 aromatic carbocycles. The first-order valence-corrected chi connectivity index (χ1v) is 6.78. The lowest BCUT2D eigenvalue weighted by molar-refractivity contribution is -0.380. The smallest absolute Gasteiger partial charge is 0.258 e. The van der Waals surface area contributed by atoms with Gasteiger partial charge in [-0.1, -0.05) is 50.4 Å². The lowest BCUT2D eigenvalue weighted by atomic mass is 10.1. The molecular weight excluding hydrogens is 222 g/mol. The number of aryl methyl sites for hydroxylation is 1. The van der Waals surface area contributed by atoms with E-state index in [0.29, 0.717) is 0 Å². The fraction of sp³-hybridized carbons (Fsp3) is 0.667. The van der Waals surface area contributed by atoms with Crippen LogP contribution in [-0.2, 0) is 6.42 Å². The van der Waals surface area contributed by atoms with E-state index in [2.05, 4.69) is 6.92 Å². The van der Waals surface area contributed by atoms with E-state index in [4.69, 9.17) is 0 Å². The first kappa shape index (κ1) is 13.2. The number of hydrogen-bond donors (Lipinski definition) is 0. The number of rotatable bonds is 8. The lowest BCUT2D eigenvalue weighted by Crippen LogP contribution is -1.83. The second kappa shape index (κ2) is 7.39. The van der Waals surface area contributed by atoms with Crippen LogP contribution in [0.1, 0.15) is 50.3 Å². The Hall–Kier alpha value is -0.900. The molecule has 1 rings (SSSR count). The molecule has 0 atom stereocenters. The van der Waals surface area contributed by atoms with E-state index >= 15 is 0 Å². The molecule has 0 aliphatic carbocycles. The third-order valence-corrected chi connectivity index (χ3v) is 3.70. The molecule has 3 nitrogen and oxygen atoms in total. The Morgan fingerprint density at radius 2 is 1.88 bits per heavy atom. The van der Waals surface area contributed by atoms with Crippen LogP contribution in [0, 0.1) is 10.1 Å². The standard InChI is InChI=1S/C12H19NO2S/c1-2-3-4-5-6-7-8-11-9-10-12(16-11)13(14)15/h9-10H,2-8H2,1H3.